The van der Waals surface area contributed by atoms with Gasteiger partial charge >= 0.3 is 0 Å². The van der Waals surface area contributed by atoms with Crippen molar-refractivity contribution in [3.8, 4) is 11.5 Å². The number of carbonyl (C=O) groups excluding carboxylic acids is 1. The number of carbonyl (C=O) groups is 1. The number of ether oxygens (including phenoxy) is 3. The molecule has 0 N–H and O–H groups in total. The highest BCUT2D eigenvalue weighted by Crippen LogP contribution is 2.36. The summed E-state index contributed by atoms with van der Waals surface area (Å²) in [5, 5.41) is 0.602. The Balaban J connectivity index is 1.62. The first-order valence-electron chi connectivity index (χ1n) is 11.0. The van der Waals surface area contributed by atoms with E-state index in [1.54, 1.807) is 19.1 Å². The Morgan fingerprint density at radius 3 is 2.51 bits per heavy atom. The van der Waals surface area contributed by atoms with Crippen molar-refractivity contribution in [1.29, 1.82) is 0 Å². The summed E-state index contributed by atoms with van der Waals surface area (Å²) in [5.74, 6) is 1.33. The van der Waals surface area contributed by atoms with E-state index in [4.69, 9.17) is 19.2 Å². The number of amides is 1. The van der Waals surface area contributed by atoms with Gasteiger partial charge in [0, 0.05) is 17.1 Å². The molecule has 0 atom stereocenters. The highest BCUT2D eigenvalue weighted by Gasteiger charge is 2.33. The maximum atomic E-state index is 13.3. The predicted octanol–water partition coefficient (Wildman–Crippen LogP) is 6.29. The quantitative estimate of drug-likeness (QED) is 0.292. The summed E-state index contributed by atoms with van der Waals surface area (Å²) in [6.07, 6.45) is 1.86. The molecule has 1 heterocycles. The van der Waals surface area contributed by atoms with Gasteiger partial charge in [-0.25, -0.2) is 4.99 Å². The summed E-state index contributed by atoms with van der Waals surface area (Å²) in [7, 11) is 3.23. The zero-order chi connectivity index (χ0) is 24.6. The van der Waals surface area contributed by atoms with E-state index in [9.17, 15) is 4.79 Å². The van der Waals surface area contributed by atoms with Crippen LogP contribution in [-0.2, 0) is 16.1 Å². The maximum absolute atomic E-state index is 13.3. The molecule has 0 saturated carbocycles. The average Bonchev–Trinajstić information content (AvgIpc) is 3.16. The number of nitrogens with zero attached hydrogens (tertiary/aromatic N) is 2. The Morgan fingerprint density at radius 1 is 1.03 bits per heavy atom. The number of hydrogen-bond acceptors (Lipinski definition) is 6. The van der Waals surface area contributed by atoms with Gasteiger partial charge in [-0.1, -0.05) is 46.3 Å². The van der Waals surface area contributed by atoms with Crippen LogP contribution in [0.25, 0.3) is 6.08 Å². The van der Waals surface area contributed by atoms with Gasteiger partial charge in [0.05, 0.1) is 30.9 Å². The fraction of sp³-hybridized carbons (Fsp3) is 0.185. The number of halogens is 1. The van der Waals surface area contributed by atoms with Crippen LogP contribution in [0.1, 0.15) is 11.1 Å². The number of amidine groups is 1. The molecule has 8 heteroatoms. The Labute approximate surface area is 217 Å². The molecule has 4 rings (SSSR count). The van der Waals surface area contributed by atoms with E-state index >= 15 is 0 Å². The Bertz CT molecular complexity index is 1230. The first-order valence-corrected chi connectivity index (χ1v) is 12.6. The largest absolute Gasteiger partial charge is 0.497 e. The number of thioether (sulfide) groups is 1. The molecule has 0 bridgehead atoms. The molecule has 3 aromatic carbocycles. The van der Waals surface area contributed by atoms with Gasteiger partial charge in [0.25, 0.3) is 5.91 Å². The molecule has 0 aliphatic carbocycles. The smallest absolute Gasteiger partial charge is 0.266 e. The van der Waals surface area contributed by atoms with E-state index in [-0.39, 0.29) is 5.91 Å². The van der Waals surface area contributed by atoms with Gasteiger partial charge in [0.15, 0.2) is 5.17 Å². The lowest BCUT2D eigenvalue weighted by Gasteiger charge is -2.14. The monoisotopic (exact) mass is 552 g/mol. The molecule has 1 aliphatic rings. The third-order valence-corrected chi connectivity index (χ3v) is 6.70. The van der Waals surface area contributed by atoms with E-state index in [2.05, 4.69) is 15.9 Å². The molecule has 0 spiro atoms. The molecule has 180 valence electrons. The number of benzene rings is 3. The molecule has 3 aromatic rings. The summed E-state index contributed by atoms with van der Waals surface area (Å²) in [4.78, 5) is 20.2. The van der Waals surface area contributed by atoms with Crippen molar-refractivity contribution in [2.45, 2.75) is 6.61 Å². The van der Waals surface area contributed by atoms with Crippen LogP contribution in [0.2, 0.25) is 0 Å². The Kier molecular flexibility index (Phi) is 8.63. The zero-order valence-corrected chi connectivity index (χ0v) is 21.8. The highest BCUT2D eigenvalue weighted by atomic mass is 79.9. The van der Waals surface area contributed by atoms with Gasteiger partial charge in [-0.2, -0.15) is 0 Å². The first-order chi connectivity index (χ1) is 17.1. The molecule has 1 fully saturated rings. The molecule has 0 unspecified atom stereocenters. The topological polar surface area (TPSA) is 60.4 Å². The van der Waals surface area contributed by atoms with Crippen molar-refractivity contribution in [3.63, 3.8) is 0 Å². The van der Waals surface area contributed by atoms with E-state index in [0.717, 1.165) is 27.0 Å². The van der Waals surface area contributed by atoms with Crippen molar-refractivity contribution in [2.75, 3.05) is 27.4 Å². The lowest BCUT2D eigenvalue weighted by molar-refractivity contribution is -0.122. The number of methoxy groups -OCH3 is 2. The molecule has 6 nitrogen and oxygen atoms in total. The van der Waals surface area contributed by atoms with E-state index in [1.807, 2.05) is 78.9 Å². The van der Waals surface area contributed by atoms with Crippen molar-refractivity contribution < 1.29 is 19.0 Å². The van der Waals surface area contributed by atoms with Crippen LogP contribution in [0.5, 0.6) is 11.5 Å². The first kappa shape index (κ1) is 25.0. The fourth-order valence-electron chi connectivity index (χ4n) is 3.38. The third kappa shape index (κ3) is 6.54. The molecule has 1 saturated heterocycles. The average molecular weight is 553 g/mol. The second-order valence-electron chi connectivity index (χ2n) is 7.61. The van der Waals surface area contributed by atoms with Gasteiger partial charge in [-0.15, -0.1) is 0 Å². The van der Waals surface area contributed by atoms with Crippen LogP contribution in [-0.4, -0.2) is 43.3 Å². The second-order valence-corrected chi connectivity index (χ2v) is 9.53. The van der Waals surface area contributed by atoms with E-state index in [1.165, 1.54) is 11.8 Å². The molecule has 1 aliphatic heterocycles. The van der Waals surface area contributed by atoms with Gasteiger partial charge < -0.3 is 14.2 Å². The minimum atomic E-state index is -0.117. The van der Waals surface area contributed by atoms with Crippen molar-refractivity contribution in [2.24, 2.45) is 4.99 Å². The lowest BCUT2D eigenvalue weighted by atomic mass is 10.1. The maximum Gasteiger partial charge on any atom is 0.266 e. The zero-order valence-electron chi connectivity index (χ0n) is 19.4. The minimum Gasteiger partial charge on any atom is -0.497 e. The summed E-state index contributed by atoms with van der Waals surface area (Å²) >= 11 is 4.87. The standard InChI is InChI=1S/C27H25BrN2O4S/c1-32-15-14-30-26(31)25(35-27(30)29-22-9-11-23(33-2)12-10-22)17-20-16-21(28)8-13-24(20)34-18-19-6-4-3-5-7-19/h3-13,16-17H,14-15,18H2,1-2H3/b25-17-,29-27?. The molecule has 0 aromatic heterocycles. The van der Waals surface area contributed by atoms with Crippen LogP contribution in [0.15, 0.2) is 87.2 Å². The normalized spacial score (nSPS) is 15.7. The van der Waals surface area contributed by atoms with E-state index in [0.29, 0.717) is 35.6 Å². The lowest BCUT2D eigenvalue weighted by Crippen LogP contribution is -2.32. The van der Waals surface area contributed by atoms with Gasteiger partial charge in [-0.05, 0) is 65.9 Å². The SMILES string of the molecule is COCCN1C(=O)/C(=C/c2cc(Br)ccc2OCc2ccccc2)SC1=Nc1ccc(OC)cc1. The number of aliphatic imine (C=N–C) groups is 1. The van der Waals surface area contributed by atoms with Gasteiger partial charge in [-0.3, -0.25) is 9.69 Å². The summed E-state index contributed by atoms with van der Waals surface area (Å²) in [5.41, 5.74) is 2.61. The molecular formula is C27H25BrN2O4S. The molecular weight excluding hydrogens is 528 g/mol. The van der Waals surface area contributed by atoms with Gasteiger partial charge in [0.1, 0.15) is 18.1 Å². The van der Waals surface area contributed by atoms with Gasteiger partial charge in [0.2, 0.25) is 0 Å². The van der Waals surface area contributed by atoms with Crippen LogP contribution in [0.4, 0.5) is 5.69 Å². The van der Waals surface area contributed by atoms with Crippen LogP contribution >= 0.6 is 27.7 Å². The predicted molar refractivity (Wildman–Crippen MR) is 144 cm³/mol. The van der Waals surface area contributed by atoms with Crippen LogP contribution in [0, 0.1) is 0 Å². The van der Waals surface area contributed by atoms with E-state index < -0.39 is 0 Å². The second kappa shape index (κ2) is 12.1. The number of hydrogen-bond donors (Lipinski definition) is 0. The highest BCUT2D eigenvalue weighted by molar-refractivity contribution is 9.10. The summed E-state index contributed by atoms with van der Waals surface area (Å²) in [6.45, 7) is 1.25. The fourth-order valence-corrected chi connectivity index (χ4v) is 4.77. The third-order valence-electron chi connectivity index (χ3n) is 5.20. The Hall–Kier alpha value is -3.07. The number of rotatable bonds is 9. The summed E-state index contributed by atoms with van der Waals surface area (Å²) in [6, 6.07) is 23.1. The van der Waals surface area contributed by atoms with Crippen molar-refractivity contribution in [1.82, 2.24) is 4.90 Å². The molecule has 0 radical (unpaired) electrons. The minimum absolute atomic E-state index is 0.117. The molecule has 35 heavy (non-hydrogen) atoms. The van der Waals surface area contributed by atoms with Crippen LogP contribution in [0.3, 0.4) is 0 Å². The summed E-state index contributed by atoms with van der Waals surface area (Å²) < 4.78 is 17.4. The van der Waals surface area contributed by atoms with Crippen molar-refractivity contribution >= 4 is 50.5 Å². The van der Waals surface area contributed by atoms with Crippen LogP contribution < -0.4 is 9.47 Å². The Morgan fingerprint density at radius 2 is 1.80 bits per heavy atom. The molecule has 1 amide bonds. The van der Waals surface area contributed by atoms with Crippen molar-refractivity contribution in [3.05, 3.63) is 93.3 Å².